The molecule has 3 aliphatic rings. The van der Waals surface area contributed by atoms with Crippen molar-refractivity contribution in [2.24, 2.45) is 0 Å². The van der Waals surface area contributed by atoms with Crippen molar-refractivity contribution in [1.82, 2.24) is 15.1 Å². The van der Waals surface area contributed by atoms with Gasteiger partial charge in [0.15, 0.2) is 0 Å². The van der Waals surface area contributed by atoms with Crippen molar-refractivity contribution in [3.8, 4) is 0 Å². The fourth-order valence-electron chi connectivity index (χ4n) is 4.51. The van der Waals surface area contributed by atoms with Crippen LogP contribution in [0.2, 0.25) is 0 Å². The smallest absolute Gasteiger partial charge is 0.244 e. The number of nitrogens with one attached hydrogen (secondary N) is 1. The first kappa shape index (κ1) is 15.3. The maximum atomic E-state index is 13.0. The molecule has 0 aromatic carbocycles. The van der Waals surface area contributed by atoms with Gasteiger partial charge in [0.05, 0.1) is 11.7 Å². The van der Waals surface area contributed by atoms with Crippen LogP contribution in [0, 0.1) is 0 Å². The summed E-state index contributed by atoms with van der Waals surface area (Å²) in [6.45, 7) is 7.83. The lowest BCUT2D eigenvalue weighted by Gasteiger charge is -2.31. The Bertz CT molecular complexity index is 372. The summed E-state index contributed by atoms with van der Waals surface area (Å²) in [6.07, 6.45) is 9.61. The molecule has 1 saturated carbocycles. The average Bonchev–Trinajstić information content (AvgIpc) is 3.18. The van der Waals surface area contributed by atoms with E-state index >= 15 is 0 Å². The molecule has 120 valence electrons. The van der Waals surface area contributed by atoms with Gasteiger partial charge in [-0.25, -0.2) is 0 Å². The number of rotatable bonds is 5. The van der Waals surface area contributed by atoms with E-state index in [-0.39, 0.29) is 11.7 Å². The van der Waals surface area contributed by atoms with Gasteiger partial charge in [0, 0.05) is 12.6 Å². The Morgan fingerprint density at radius 3 is 2.52 bits per heavy atom. The van der Waals surface area contributed by atoms with E-state index < -0.39 is 0 Å². The first-order chi connectivity index (χ1) is 10.2. The molecule has 2 unspecified atom stereocenters. The molecule has 21 heavy (non-hydrogen) atoms. The summed E-state index contributed by atoms with van der Waals surface area (Å²) in [5.41, 5.74) is -0.204. The summed E-state index contributed by atoms with van der Waals surface area (Å²) < 4.78 is 0. The second kappa shape index (κ2) is 6.25. The van der Waals surface area contributed by atoms with Gasteiger partial charge in [0.25, 0.3) is 0 Å². The van der Waals surface area contributed by atoms with Crippen molar-refractivity contribution in [2.75, 3.05) is 19.6 Å². The molecule has 1 aliphatic carbocycles. The first-order valence-electron chi connectivity index (χ1n) is 8.99. The van der Waals surface area contributed by atoms with Gasteiger partial charge < -0.3 is 4.90 Å². The third kappa shape index (κ3) is 2.85. The molecule has 0 bridgehead atoms. The monoisotopic (exact) mass is 293 g/mol. The highest BCUT2D eigenvalue weighted by atomic mass is 16.2. The molecule has 2 saturated heterocycles. The minimum absolute atomic E-state index is 0.204. The van der Waals surface area contributed by atoms with E-state index in [1.165, 1.54) is 38.8 Å². The SMILES string of the molecule is CCCC1NC2(CCCC2)C(=O)N1CC(C)N1CCCC1. The lowest BCUT2D eigenvalue weighted by Crippen LogP contribution is -2.46. The Kier molecular flexibility index (Phi) is 4.55. The maximum absolute atomic E-state index is 13.0. The van der Waals surface area contributed by atoms with Crippen LogP contribution in [0.15, 0.2) is 0 Å². The molecule has 4 nitrogen and oxygen atoms in total. The van der Waals surface area contributed by atoms with E-state index in [0.29, 0.717) is 11.9 Å². The number of carbonyl (C=O) groups excluding carboxylic acids is 1. The predicted molar refractivity (Wildman–Crippen MR) is 85.0 cm³/mol. The summed E-state index contributed by atoms with van der Waals surface area (Å²) in [6, 6.07) is 0.495. The highest BCUT2D eigenvalue weighted by Crippen LogP contribution is 2.37. The van der Waals surface area contributed by atoms with Crippen LogP contribution in [-0.2, 0) is 4.79 Å². The molecule has 2 aliphatic heterocycles. The Morgan fingerprint density at radius 1 is 1.24 bits per heavy atom. The van der Waals surface area contributed by atoms with Gasteiger partial charge in [0.2, 0.25) is 5.91 Å². The van der Waals surface area contributed by atoms with Gasteiger partial charge >= 0.3 is 0 Å². The van der Waals surface area contributed by atoms with Crippen molar-refractivity contribution in [2.45, 2.75) is 83.0 Å². The summed E-state index contributed by atoms with van der Waals surface area (Å²) in [7, 11) is 0. The number of amides is 1. The number of carbonyl (C=O) groups is 1. The molecule has 0 aromatic rings. The molecule has 2 atom stereocenters. The van der Waals surface area contributed by atoms with Crippen LogP contribution in [0.5, 0.6) is 0 Å². The van der Waals surface area contributed by atoms with Crippen molar-refractivity contribution >= 4 is 5.91 Å². The van der Waals surface area contributed by atoms with Crippen LogP contribution in [0.25, 0.3) is 0 Å². The normalized spacial score (nSPS) is 30.7. The van der Waals surface area contributed by atoms with E-state index in [0.717, 1.165) is 32.2 Å². The average molecular weight is 293 g/mol. The Labute approximate surface area is 129 Å². The second-order valence-electron chi connectivity index (χ2n) is 7.29. The minimum Gasteiger partial charge on any atom is -0.324 e. The first-order valence-corrected chi connectivity index (χ1v) is 8.99. The summed E-state index contributed by atoms with van der Waals surface area (Å²) in [4.78, 5) is 17.7. The molecule has 4 heteroatoms. The number of hydrogen-bond donors (Lipinski definition) is 1. The summed E-state index contributed by atoms with van der Waals surface area (Å²) in [5, 5.41) is 3.72. The van der Waals surface area contributed by atoms with Crippen LogP contribution < -0.4 is 5.32 Å². The summed E-state index contributed by atoms with van der Waals surface area (Å²) >= 11 is 0. The van der Waals surface area contributed by atoms with Gasteiger partial charge in [-0.05, 0) is 52.1 Å². The molecule has 1 N–H and O–H groups in total. The van der Waals surface area contributed by atoms with Gasteiger partial charge in [-0.15, -0.1) is 0 Å². The molecule has 3 rings (SSSR count). The van der Waals surface area contributed by atoms with Crippen molar-refractivity contribution in [3.05, 3.63) is 0 Å². The second-order valence-corrected chi connectivity index (χ2v) is 7.29. The predicted octanol–water partition coefficient (Wildman–Crippen LogP) is 2.34. The zero-order valence-electron chi connectivity index (χ0n) is 13.7. The third-order valence-corrected chi connectivity index (χ3v) is 5.73. The maximum Gasteiger partial charge on any atom is 0.244 e. The lowest BCUT2D eigenvalue weighted by molar-refractivity contribution is -0.133. The molecule has 0 aromatic heterocycles. The quantitative estimate of drug-likeness (QED) is 0.845. The van der Waals surface area contributed by atoms with Crippen LogP contribution in [0.3, 0.4) is 0 Å². The molecule has 1 amide bonds. The van der Waals surface area contributed by atoms with Gasteiger partial charge in [-0.2, -0.15) is 0 Å². The fourth-order valence-corrected chi connectivity index (χ4v) is 4.51. The number of likely N-dealkylation sites (tertiary alicyclic amines) is 1. The van der Waals surface area contributed by atoms with E-state index in [4.69, 9.17) is 0 Å². The molecule has 1 spiro atoms. The van der Waals surface area contributed by atoms with E-state index in [1.54, 1.807) is 0 Å². The highest BCUT2D eigenvalue weighted by molar-refractivity contribution is 5.89. The van der Waals surface area contributed by atoms with Gasteiger partial charge in [-0.3, -0.25) is 15.0 Å². The fraction of sp³-hybridized carbons (Fsp3) is 0.941. The largest absolute Gasteiger partial charge is 0.324 e. The van der Waals surface area contributed by atoms with E-state index in [9.17, 15) is 4.79 Å². The van der Waals surface area contributed by atoms with Crippen molar-refractivity contribution in [3.63, 3.8) is 0 Å². The summed E-state index contributed by atoms with van der Waals surface area (Å²) in [5.74, 6) is 0.393. The van der Waals surface area contributed by atoms with Crippen molar-refractivity contribution < 1.29 is 4.79 Å². The van der Waals surface area contributed by atoms with Gasteiger partial charge in [-0.1, -0.05) is 26.2 Å². The molecule has 0 radical (unpaired) electrons. The lowest BCUT2D eigenvalue weighted by atomic mass is 9.98. The minimum atomic E-state index is -0.204. The van der Waals surface area contributed by atoms with Gasteiger partial charge in [0.1, 0.15) is 0 Å². The highest BCUT2D eigenvalue weighted by Gasteiger charge is 2.52. The zero-order valence-corrected chi connectivity index (χ0v) is 13.7. The van der Waals surface area contributed by atoms with E-state index in [1.807, 2.05) is 0 Å². The molecule has 3 fully saturated rings. The van der Waals surface area contributed by atoms with Crippen LogP contribution in [-0.4, -0.2) is 53.1 Å². The molecule has 2 heterocycles. The third-order valence-electron chi connectivity index (χ3n) is 5.73. The van der Waals surface area contributed by atoms with Crippen molar-refractivity contribution in [1.29, 1.82) is 0 Å². The molecular formula is C17H31N3O. The van der Waals surface area contributed by atoms with Crippen LogP contribution in [0.1, 0.15) is 65.2 Å². The topological polar surface area (TPSA) is 35.6 Å². The Morgan fingerprint density at radius 2 is 1.90 bits per heavy atom. The standard InChI is InChI=1S/C17H31N3O/c1-3-8-15-18-17(9-4-5-10-17)16(21)20(15)13-14(2)19-11-6-7-12-19/h14-15,18H,3-13H2,1-2H3. The van der Waals surface area contributed by atoms with Crippen LogP contribution in [0.4, 0.5) is 0 Å². The zero-order chi connectivity index (χ0) is 14.9. The Balaban J connectivity index is 1.69. The number of hydrogen-bond acceptors (Lipinski definition) is 3. The van der Waals surface area contributed by atoms with Crippen LogP contribution >= 0.6 is 0 Å². The van der Waals surface area contributed by atoms with E-state index in [2.05, 4.69) is 29.0 Å². The number of nitrogens with zero attached hydrogens (tertiary/aromatic N) is 2. The Hall–Kier alpha value is -0.610. The molecular weight excluding hydrogens is 262 g/mol.